The number of nitrogens with zero attached hydrogens (tertiary/aromatic N) is 3. The smallest absolute Gasteiger partial charge is 0.259 e. The van der Waals surface area contributed by atoms with Gasteiger partial charge in [0.2, 0.25) is 27.7 Å². The molecule has 5 atom stereocenters. The summed E-state index contributed by atoms with van der Waals surface area (Å²) in [6.07, 6.45) is 11.3. The maximum Gasteiger partial charge on any atom is 0.259 e. The Hall–Kier alpha value is -4.98. The van der Waals surface area contributed by atoms with Crippen LogP contribution >= 0.6 is 0 Å². The zero-order chi connectivity index (χ0) is 40.4. The molecule has 14 heteroatoms. The predicted molar refractivity (Wildman–Crippen MR) is 218 cm³/mol. The van der Waals surface area contributed by atoms with Crippen molar-refractivity contribution >= 4 is 44.6 Å². The van der Waals surface area contributed by atoms with Crippen molar-refractivity contribution < 1.29 is 37.1 Å². The molecule has 2 aliphatic carbocycles. The van der Waals surface area contributed by atoms with Crippen molar-refractivity contribution in [3.05, 3.63) is 66.7 Å². The largest absolute Gasteiger partial charge is 0.497 e. The summed E-state index contributed by atoms with van der Waals surface area (Å²) in [5.41, 5.74) is 0.733. The first-order valence-corrected chi connectivity index (χ1v) is 22.4. The Morgan fingerprint density at radius 2 is 1.74 bits per heavy atom. The summed E-state index contributed by atoms with van der Waals surface area (Å²) < 4.78 is 40.4. The molecule has 2 saturated carbocycles. The molecular formula is C44H53N5O8S. The SMILES string of the molecule is COc1ccc2c(O[C@@H]3C[C@H]4C(=O)N[C@]5(C(=O)NS(=O)(=O)C6CC6)C[C@H]5/C=C\CCCCC[C@@H](CC(=O)N5CCCCC5)C(=O)N4C3)cc(-c3ccccc3)nc2c1. The van der Waals surface area contributed by atoms with Crippen molar-refractivity contribution in [1.29, 1.82) is 0 Å². The minimum Gasteiger partial charge on any atom is -0.497 e. The van der Waals surface area contributed by atoms with Crippen molar-refractivity contribution in [2.75, 3.05) is 26.7 Å². The number of rotatable bonds is 9. The molecule has 308 valence electrons. The average molecular weight is 812 g/mol. The van der Waals surface area contributed by atoms with Gasteiger partial charge >= 0.3 is 0 Å². The lowest BCUT2D eigenvalue weighted by Gasteiger charge is -2.31. The normalized spacial score (nSPS) is 27.3. The highest BCUT2D eigenvalue weighted by Crippen LogP contribution is 2.46. The standard InChI is InChI=1S/C44H53N5O8S/c1-56-32-17-20-35-37(24-32)45-36(29-13-8-5-9-14-29)26-39(35)57-33-25-38-41(51)46-44(43(53)47-58(54,55)34-18-19-34)27-31(44)16-10-4-2-3-7-15-30(42(52)49(38)28-33)23-40(50)48-21-11-6-12-22-48/h5,8-10,13-14,16-17,20,24,26,30-31,33-34,38H,2-4,6-7,11-12,15,18-19,21-23,25,27-28H2,1H3,(H,46,51)(H,47,53)/b16-10-/t30-,31+,33+,38-,44+/m0/s1. The molecule has 2 aromatic carbocycles. The fraction of sp³-hybridized carbons (Fsp3) is 0.523. The van der Waals surface area contributed by atoms with Crippen molar-refractivity contribution in [3.63, 3.8) is 0 Å². The van der Waals surface area contributed by atoms with Crippen LogP contribution in [0.4, 0.5) is 0 Å². The monoisotopic (exact) mass is 811 g/mol. The van der Waals surface area contributed by atoms with Gasteiger partial charge in [0, 0.05) is 60.8 Å². The van der Waals surface area contributed by atoms with Gasteiger partial charge in [-0.15, -0.1) is 0 Å². The fourth-order valence-electron chi connectivity index (χ4n) is 8.80. The van der Waals surface area contributed by atoms with E-state index in [-0.39, 0.29) is 37.6 Å². The Kier molecular flexibility index (Phi) is 11.5. The topological polar surface area (TPSA) is 164 Å². The number of likely N-dealkylation sites (tertiary alicyclic amines) is 1. The lowest BCUT2D eigenvalue weighted by atomic mass is 9.94. The highest BCUT2D eigenvalue weighted by molar-refractivity contribution is 7.91. The molecule has 0 bridgehead atoms. The van der Waals surface area contributed by atoms with Crippen LogP contribution in [0.15, 0.2) is 66.7 Å². The third-order valence-electron chi connectivity index (χ3n) is 12.4. The van der Waals surface area contributed by atoms with Crippen LogP contribution in [0.2, 0.25) is 0 Å². The quantitative estimate of drug-likeness (QED) is 0.274. The van der Waals surface area contributed by atoms with E-state index in [9.17, 15) is 27.6 Å². The second-order valence-electron chi connectivity index (χ2n) is 16.6. The van der Waals surface area contributed by atoms with E-state index in [2.05, 4.69) is 10.0 Å². The maximum absolute atomic E-state index is 14.8. The van der Waals surface area contributed by atoms with E-state index in [4.69, 9.17) is 14.5 Å². The van der Waals surface area contributed by atoms with E-state index < -0.39 is 56.6 Å². The minimum atomic E-state index is -3.88. The summed E-state index contributed by atoms with van der Waals surface area (Å²) in [7, 11) is -2.29. The number of aromatic nitrogens is 1. The van der Waals surface area contributed by atoms with E-state index in [1.807, 2.05) is 71.6 Å². The number of carbonyl (C=O) groups excluding carboxylic acids is 4. The summed E-state index contributed by atoms with van der Waals surface area (Å²) in [6.45, 7) is 1.43. The number of ether oxygens (including phenoxy) is 2. The average Bonchev–Trinajstić information content (AvgIpc) is 4.16. The first-order valence-electron chi connectivity index (χ1n) is 20.9. The number of carbonyl (C=O) groups is 4. The molecule has 1 aromatic heterocycles. The number of allylic oxidation sites excluding steroid dienone is 1. The molecule has 2 N–H and O–H groups in total. The number of nitrogens with one attached hydrogen (secondary N) is 2. The number of amides is 4. The van der Waals surface area contributed by atoms with E-state index in [1.165, 1.54) is 4.90 Å². The summed E-state index contributed by atoms with van der Waals surface area (Å²) >= 11 is 0. The number of sulfonamides is 1. The molecular weight excluding hydrogens is 759 g/mol. The Morgan fingerprint density at radius 1 is 0.966 bits per heavy atom. The van der Waals surface area contributed by atoms with Crippen LogP contribution in [0.25, 0.3) is 22.2 Å². The molecule has 4 fully saturated rings. The second kappa shape index (κ2) is 16.7. The number of fused-ring (bicyclic) bond motifs is 3. The van der Waals surface area contributed by atoms with E-state index in [0.29, 0.717) is 55.1 Å². The zero-order valence-electron chi connectivity index (χ0n) is 33.1. The summed E-state index contributed by atoms with van der Waals surface area (Å²) in [4.78, 5) is 65.3. The Labute approximate surface area is 340 Å². The second-order valence-corrected chi connectivity index (χ2v) is 18.6. The predicted octanol–water partition coefficient (Wildman–Crippen LogP) is 5.28. The van der Waals surface area contributed by atoms with Crippen LogP contribution in [0, 0.1) is 11.8 Å². The van der Waals surface area contributed by atoms with Crippen molar-refractivity contribution in [1.82, 2.24) is 24.8 Å². The van der Waals surface area contributed by atoms with Crippen LogP contribution < -0.4 is 19.5 Å². The molecule has 0 radical (unpaired) electrons. The van der Waals surface area contributed by atoms with Gasteiger partial charge in [-0.05, 0) is 69.9 Å². The lowest BCUT2D eigenvalue weighted by molar-refractivity contribution is -0.145. The number of hydrogen-bond donors (Lipinski definition) is 2. The summed E-state index contributed by atoms with van der Waals surface area (Å²) in [6, 6.07) is 16.1. The van der Waals surface area contributed by atoms with Crippen LogP contribution in [0.1, 0.15) is 83.5 Å². The molecule has 4 amide bonds. The van der Waals surface area contributed by atoms with E-state index in [1.54, 1.807) is 7.11 Å². The van der Waals surface area contributed by atoms with E-state index in [0.717, 1.165) is 55.9 Å². The number of benzene rings is 2. The molecule has 3 aliphatic heterocycles. The minimum absolute atomic E-state index is 0.0488. The van der Waals surface area contributed by atoms with Crippen LogP contribution in [-0.2, 0) is 29.2 Å². The molecule has 58 heavy (non-hydrogen) atoms. The Balaban J connectivity index is 1.12. The fourth-order valence-corrected chi connectivity index (χ4v) is 10.2. The van der Waals surface area contributed by atoms with Gasteiger partial charge in [-0.1, -0.05) is 55.3 Å². The summed E-state index contributed by atoms with van der Waals surface area (Å²) in [5, 5.41) is 3.07. The molecule has 4 heterocycles. The molecule has 2 saturated heterocycles. The third-order valence-corrected chi connectivity index (χ3v) is 14.2. The van der Waals surface area contributed by atoms with Crippen LogP contribution in [0.5, 0.6) is 11.5 Å². The van der Waals surface area contributed by atoms with Gasteiger partial charge in [-0.3, -0.25) is 23.9 Å². The highest BCUT2D eigenvalue weighted by atomic mass is 32.2. The van der Waals surface area contributed by atoms with Crippen molar-refractivity contribution in [3.8, 4) is 22.8 Å². The molecule has 5 aliphatic rings. The van der Waals surface area contributed by atoms with Gasteiger partial charge in [0.25, 0.3) is 5.91 Å². The van der Waals surface area contributed by atoms with Crippen LogP contribution in [0.3, 0.4) is 0 Å². The van der Waals surface area contributed by atoms with Gasteiger partial charge in [-0.2, -0.15) is 0 Å². The van der Waals surface area contributed by atoms with Gasteiger partial charge < -0.3 is 24.6 Å². The number of hydrogen-bond acceptors (Lipinski definition) is 9. The Morgan fingerprint density at radius 3 is 2.50 bits per heavy atom. The molecule has 8 rings (SSSR count). The van der Waals surface area contributed by atoms with Gasteiger partial charge in [-0.25, -0.2) is 13.4 Å². The number of methoxy groups -OCH3 is 1. The zero-order valence-corrected chi connectivity index (χ0v) is 33.9. The first-order chi connectivity index (χ1) is 28.0. The molecule has 3 aromatic rings. The van der Waals surface area contributed by atoms with Gasteiger partial charge in [0.1, 0.15) is 29.2 Å². The van der Waals surface area contributed by atoms with E-state index >= 15 is 0 Å². The van der Waals surface area contributed by atoms with Gasteiger partial charge in [0.15, 0.2) is 0 Å². The molecule has 0 unspecified atom stereocenters. The molecule has 13 nitrogen and oxygen atoms in total. The van der Waals surface area contributed by atoms with Gasteiger partial charge in [0.05, 0.1) is 30.1 Å². The lowest BCUT2D eigenvalue weighted by Crippen LogP contribution is -2.57. The maximum atomic E-state index is 14.8. The summed E-state index contributed by atoms with van der Waals surface area (Å²) in [5.74, 6) is -1.54. The Bertz CT molecular complexity index is 2190. The first kappa shape index (κ1) is 39.8. The third kappa shape index (κ3) is 8.57. The highest BCUT2D eigenvalue weighted by Gasteiger charge is 2.62. The van der Waals surface area contributed by atoms with Crippen molar-refractivity contribution in [2.24, 2.45) is 11.8 Å². The van der Waals surface area contributed by atoms with Crippen LogP contribution in [-0.4, -0.2) is 96.5 Å². The number of pyridine rings is 1. The van der Waals surface area contributed by atoms with Crippen molar-refractivity contribution in [2.45, 2.75) is 106 Å². The molecule has 0 spiro atoms. The number of piperidine rings is 1.